The van der Waals surface area contributed by atoms with Crippen LogP contribution in [0.4, 0.5) is 0 Å². The van der Waals surface area contributed by atoms with Gasteiger partial charge in [-0.1, -0.05) is 51.5 Å². The van der Waals surface area contributed by atoms with Gasteiger partial charge < -0.3 is 5.11 Å². The van der Waals surface area contributed by atoms with Crippen molar-refractivity contribution in [2.24, 2.45) is 17.3 Å². The van der Waals surface area contributed by atoms with Crippen molar-refractivity contribution >= 4 is 0 Å². The topological polar surface area (TPSA) is 20.2 Å². The number of aliphatic hydroxyl groups excluding tert-OH is 1. The Labute approximate surface area is 93.9 Å². The van der Waals surface area contributed by atoms with Gasteiger partial charge in [0, 0.05) is 6.61 Å². The van der Waals surface area contributed by atoms with Crippen LogP contribution in [0.15, 0.2) is 23.8 Å². The lowest BCUT2D eigenvalue weighted by atomic mass is 9.76. The highest BCUT2D eigenvalue weighted by Crippen LogP contribution is 2.45. The van der Waals surface area contributed by atoms with Gasteiger partial charge >= 0.3 is 0 Å². The average molecular weight is 208 g/mol. The van der Waals surface area contributed by atoms with E-state index in [1.807, 2.05) is 6.92 Å². The highest BCUT2D eigenvalue weighted by molar-refractivity contribution is 5.23. The predicted octanol–water partition coefficient (Wildman–Crippen LogP) is 3.55. The van der Waals surface area contributed by atoms with Crippen LogP contribution in [0.25, 0.3) is 0 Å². The first-order valence-corrected chi connectivity index (χ1v) is 6.01. The van der Waals surface area contributed by atoms with Gasteiger partial charge in [-0.05, 0) is 30.1 Å². The van der Waals surface area contributed by atoms with Crippen LogP contribution in [0.2, 0.25) is 0 Å². The fourth-order valence-electron chi connectivity index (χ4n) is 2.37. The smallest absolute Gasteiger partial charge is 0.0491 e. The minimum Gasteiger partial charge on any atom is -0.396 e. The Hall–Kier alpha value is -0.560. The first kappa shape index (κ1) is 12.5. The van der Waals surface area contributed by atoms with Crippen LogP contribution in [-0.4, -0.2) is 11.7 Å². The van der Waals surface area contributed by atoms with Crippen molar-refractivity contribution < 1.29 is 5.11 Å². The predicted molar refractivity (Wildman–Crippen MR) is 65.7 cm³/mol. The van der Waals surface area contributed by atoms with Crippen molar-refractivity contribution in [3.8, 4) is 0 Å². The van der Waals surface area contributed by atoms with Crippen LogP contribution in [0.1, 0.15) is 40.5 Å². The molecule has 0 amide bonds. The summed E-state index contributed by atoms with van der Waals surface area (Å²) < 4.78 is 0. The number of hydrogen-bond acceptors (Lipinski definition) is 1. The summed E-state index contributed by atoms with van der Waals surface area (Å²) in [5.74, 6) is 0.896. The maximum atomic E-state index is 8.97. The Morgan fingerprint density at radius 1 is 1.60 bits per heavy atom. The molecule has 0 aliphatic heterocycles. The molecule has 1 aliphatic carbocycles. The Morgan fingerprint density at radius 2 is 2.27 bits per heavy atom. The van der Waals surface area contributed by atoms with E-state index >= 15 is 0 Å². The van der Waals surface area contributed by atoms with E-state index in [1.165, 1.54) is 0 Å². The number of hydrogen-bond donors (Lipinski definition) is 1. The molecule has 0 saturated heterocycles. The van der Waals surface area contributed by atoms with E-state index in [-0.39, 0.29) is 12.5 Å². The normalized spacial score (nSPS) is 27.0. The molecule has 0 aromatic rings. The average Bonchev–Trinajstić information content (AvgIpc) is 2.49. The molecule has 0 bridgehead atoms. The summed E-state index contributed by atoms with van der Waals surface area (Å²) in [5, 5.41) is 8.97. The SMILES string of the molecule is CCC1=CCC(/C=C/C(C)CO)C1(C)C. The van der Waals surface area contributed by atoms with Crippen LogP contribution in [0, 0.1) is 17.3 Å². The van der Waals surface area contributed by atoms with Gasteiger partial charge in [-0.3, -0.25) is 0 Å². The zero-order valence-electron chi connectivity index (χ0n) is 10.5. The fourth-order valence-corrected chi connectivity index (χ4v) is 2.37. The molecule has 0 saturated carbocycles. The Bertz CT molecular complexity index is 261. The Kier molecular flexibility index (Phi) is 4.15. The molecule has 2 unspecified atom stereocenters. The minimum absolute atomic E-state index is 0.248. The minimum atomic E-state index is 0.248. The summed E-state index contributed by atoms with van der Waals surface area (Å²) in [5.41, 5.74) is 1.88. The molecule has 0 radical (unpaired) electrons. The first-order chi connectivity index (χ1) is 7.02. The molecule has 1 aliphatic rings. The summed E-state index contributed by atoms with van der Waals surface area (Å²) in [7, 11) is 0. The molecular formula is C14H24O. The maximum absolute atomic E-state index is 8.97. The third-order valence-electron chi connectivity index (χ3n) is 3.71. The standard InChI is InChI=1S/C14H24O/c1-5-12-8-9-13(14(12,3)4)7-6-11(2)10-15/h6-8,11,13,15H,5,9-10H2,1-4H3/b7-6+. The number of allylic oxidation sites excluding steroid dienone is 3. The van der Waals surface area contributed by atoms with Gasteiger partial charge in [0.15, 0.2) is 0 Å². The molecule has 86 valence electrons. The van der Waals surface area contributed by atoms with Gasteiger partial charge in [0.1, 0.15) is 0 Å². The van der Waals surface area contributed by atoms with Gasteiger partial charge in [0.05, 0.1) is 0 Å². The summed E-state index contributed by atoms with van der Waals surface area (Å²) in [6.45, 7) is 9.18. The van der Waals surface area contributed by atoms with Crippen LogP contribution in [0.3, 0.4) is 0 Å². The van der Waals surface area contributed by atoms with Gasteiger partial charge in [-0.25, -0.2) is 0 Å². The second kappa shape index (κ2) is 4.98. The molecule has 1 nitrogen and oxygen atoms in total. The van der Waals surface area contributed by atoms with Crippen LogP contribution in [0.5, 0.6) is 0 Å². The molecule has 2 atom stereocenters. The van der Waals surface area contributed by atoms with Gasteiger partial charge in [0.25, 0.3) is 0 Å². The van der Waals surface area contributed by atoms with E-state index in [9.17, 15) is 0 Å². The highest BCUT2D eigenvalue weighted by atomic mass is 16.3. The molecule has 0 fully saturated rings. The zero-order chi connectivity index (χ0) is 11.5. The number of rotatable bonds is 4. The fraction of sp³-hybridized carbons (Fsp3) is 0.714. The molecule has 0 aromatic heterocycles. The summed E-state index contributed by atoms with van der Waals surface area (Å²) in [6.07, 6.45) is 9.15. The van der Waals surface area contributed by atoms with Crippen LogP contribution >= 0.6 is 0 Å². The van der Waals surface area contributed by atoms with Crippen molar-refractivity contribution in [3.63, 3.8) is 0 Å². The summed E-state index contributed by atoms with van der Waals surface area (Å²) in [4.78, 5) is 0. The molecule has 15 heavy (non-hydrogen) atoms. The van der Waals surface area contributed by atoms with Gasteiger partial charge in [0.2, 0.25) is 0 Å². The van der Waals surface area contributed by atoms with E-state index in [1.54, 1.807) is 5.57 Å². The molecular weight excluding hydrogens is 184 g/mol. The van der Waals surface area contributed by atoms with Crippen molar-refractivity contribution in [1.29, 1.82) is 0 Å². The molecule has 1 heteroatoms. The van der Waals surface area contributed by atoms with E-state index < -0.39 is 0 Å². The first-order valence-electron chi connectivity index (χ1n) is 6.01. The Balaban J connectivity index is 2.65. The monoisotopic (exact) mass is 208 g/mol. The highest BCUT2D eigenvalue weighted by Gasteiger charge is 2.34. The molecule has 0 aromatic carbocycles. The lowest BCUT2D eigenvalue weighted by Gasteiger charge is -2.28. The third kappa shape index (κ3) is 2.72. The molecule has 0 heterocycles. The molecule has 1 rings (SSSR count). The lowest BCUT2D eigenvalue weighted by molar-refractivity contribution is 0.260. The van der Waals surface area contributed by atoms with Crippen LogP contribution < -0.4 is 0 Å². The number of aliphatic hydroxyl groups is 1. The quantitative estimate of drug-likeness (QED) is 0.700. The van der Waals surface area contributed by atoms with Crippen molar-refractivity contribution in [2.45, 2.75) is 40.5 Å². The summed E-state index contributed by atoms with van der Waals surface area (Å²) >= 11 is 0. The van der Waals surface area contributed by atoms with E-state index in [4.69, 9.17) is 5.11 Å². The lowest BCUT2D eigenvalue weighted by Crippen LogP contribution is -2.19. The molecule has 1 N–H and O–H groups in total. The van der Waals surface area contributed by atoms with Gasteiger partial charge in [-0.2, -0.15) is 0 Å². The van der Waals surface area contributed by atoms with E-state index in [0.29, 0.717) is 11.3 Å². The van der Waals surface area contributed by atoms with E-state index in [0.717, 1.165) is 12.8 Å². The Morgan fingerprint density at radius 3 is 2.73 bits per heavy atom. The second-order valence-corrected chi connectivity index (χ2v) is 5.19. The maximum Gasteiger partial charge on any atom is 0.0491 e. The van der Waals surface area contributed by atoms with Crippen molar-refractivity contribution in [3.05, 3.63) is 23.8 Å². The van der Waals surface area contributed by atoms with Gasteiger partial charge in [-0.15, -0.1) is 0 Å². The second-order valence-electron chi connectivity index (χ2n) is 5.19. The van der Waals surface area contributed by atoms with E-state index in [2.05, 4.69) is 39.0 Å². The third-order valence-corrected chi connectivity index (χ3v) is 3.71. The van der Waals surface area contributed by atoms with Crippen LogP contribution in [-0.2, 0) is 0 Å². The van der Waals surface area contributed by atoms with Crippen molar-refractivity contribution in [2.75, 3.05) is 6.61 Å². The summed E-state index contributed by atoms with van der Waals surface area (Å²) in [6, 6.07) is 0. The largest absolute Gasteiger partial charge is 0.396 e. The molecule has 0 spiro atoms. The zero-order valence-corrected chi connectivity index (χ0v) is 10.5. The van der Waals surface area contributed by atoms with Crippen molar-refractivity contribution in [1.82, 2.24) is 0 Å².